The average Bonchev–Trinajstić information content (AvgIpc) is 3.08. The molecule has 2 rings (SSSR count). The number of aryl methyl sites for hydroxylation is 2. The summed E-state index contributed by atoms with van der Waals surface area (Å²) in [6.45, 7) is 9.92. The maximum Gasteiger partial charge on any atom is 2.00 e. The van der Waals surface area contributed by atoms with E-state index in [4.69, 9.17) is 0 Å². The molecule has 19 heavy (non-hydrogen) atoms. The molecule has 0 radical (unpaired) electrons. The van der Waals surface area contributed by atoms with Gasteiger partial charge in [0.2, 0.25) is 0 Å². The third-order valence-electron chi connectivity index (χ3n) is 3.25. The Morgan fingerprint density at radius 2 is 1.84 bits per heavy atom. The molecule has 0 unspecified atom stereocenters. The van der Waals surface area contributed by atoms with Crippen LogP contribution >= 0.6 is 0 Å². The van der Waals surface area contributed by atoms with Crippen LogP contribution in [0.25, 0.3) is 0 Å². The zero-order valence-electron chi connectivity index (χ0n) is 12.6. The molecule has 0 aliphatic heterocycles. The monoisotopic (exact) mass is 345 g/mol. The first-order chi connectivity index (χ1) is 8.78. The first kappa shape index (κ1) is 18.4. The van der Waals surface area contributed by atoms with Crippen LogP contribution in [0.3, 0.4) is 0 Å². The maximum absolute atomic E-state index is 3.47. The van der Waals surface area contributed by atoms with Gasteiger partial charge in [-0.15, -0.1) is 18.3 Å². The van der Waals surface area contributed by atoms with E-state index in [1.54, 1.807) is 0 Å². The standard InChI is InChI=1S/C12H20N.C5H5.Ru/c1-5-10-9-13(8-4)12(7-3)11(10)6-2;1-2-4-5-3-1;/h5-8H2,1-4H3;1-3H,4H2;/q2*-1;+2. The van der Waals surface area contributed by atoms with Gasteiger partial charge in [-0.1, -0.05) is 40.0 Å². The van der Waals surface area contributed by atoms with Crippen molar-refractivity contribution in [3.8, 4) is 0 Å². The Morgan fingerprint density at radius 3 is 2.16 bits per heavy atom. The van der Waals surface area contributed by atoms with Crippen LogP contribution in [0, 0.1) is 12.3 Å². The van der Waals surface area contributed by atoms with Crippen molar-refractivity contribution in [2.75, 3.05) is 0 Å². The molecule has 1 aromatic rings. The van der Waals surface area contributed by atoms with E-state index in [-0.39, 0.29) is 19.5 Å². The van der Waals surface area contributed by atoms with Gasteiger partial charge < -0.3 is 4.57 Å². The molecule has 1 aromatic heterocycles. The molecule has 2 heteroatoms. The Labute approximate surface area is 131 Å². The van der Waals surface area contributed by atoms with Gasteiger partial charge in [-0.25, -0.2) is 12.2 Å². The minimum Gasteiger partial charge on any atom is -0.468 e. The molecule has 0 amide bonds. The summed E-state index contributed by atoms with van der Waals surface area (Å²) in [5.41, 5.74) is 4.44. The molecular weight excluding hydrogens is 319 g/mol. The predicted molar refractivity (Wildman–Crippen MR) is 78.6 cm³/mol. The molecule has 0 fully saturated rings. The van der Waals surface area contributed by atoms with E-state index in [1.807, 2.05) is 12.2 Å². The largest absolute Gasteiger partial charge is 2.00 e. The summed E-state index contributed by atoms with van der Waals surface area (Å²) in [4.78, 5) is 0. The second-order valence-electron chi connectivity index (χ2n) is 4.32. The van der Waals surface area contributed by atoms with Crippen LogP contribution in [0.2, 0.25) is 0 Å². The SMILES string of the molecule is CCc1[c-]n(CC)c(CC)c1CC.[C-]1=CC=CC1.[Ru+2]. The molecule has 0 N–H and O–H groups in total. The maximum atomic E-state index is 3.47. The van der Waals surface area contributed by atoms with Gasteiger partial charge in [0.1, 0.15) is 0 Å². The first-order valence-corrected chi connectivity index (χ1v) is 7.12. The molecular formula is C17H25NRu. The van der Waals surface area contributed by atoms with Crippen molar-refractivity contribution in [1.82, 2.24) is 4.57 Å². The zero-order valence-corrected chi connectivity index (χ0v) is 14.3. The van der Waals surface area contributed by atoms with Crippen molar-refractivity contribution >= 4 is 0 Å². The average molecular weight is 344 g/mol. The van der Waals surface area contributed by atoms with Gasteiger partial charge in [0.15, 0.2) is 0 Å². The van der Waals surface area contributed by atoms with E-state index in [0.29, 0.717) is 0 Å². The van der Waals surface area contributed by atoms with Gasteiger partial charge >= 0.3 is 19.5 Å². The second kappa shape index (κ2) is 10.2. The van der Waals surface area contributed by atoms with E-state index in [0.717, 1.165) is 32.2 Å². The molecule has 0 saturated carbocycles. The minimum atomic E-state index is 0. The number of allylic oxidation sites excluding steroid dienone is 4. The summed E-state index contributed by atoms with van der Waals surface area (Å²) in [6, 6.07) is 0. The Kier molecular flexibility index (Phi) is 9.87. The van der Waals surface area contributed by atoms with Crippen molar-refractivity contribution in [2.45, 2.75) is 59.9 Å². The minimum absolute atomic E-state index is 0. The van der Waals surface area contributed by atoms with Crippen LogP contribution in [-0.4, -0.2) is 4.57 Å². The van der Waals surface area contributed by atoms with E-state index in [1.165, 1.54) is 16.8 Å². The summed E-state index contributed by atoms with van der Waals surface area (Å²) in [5, 5.41) is 0. The summed E-state index contributed by atoms with van der Waals surface area (Å²) >= 11 is 0. The molecule has 0 atom stereocenters. The smallest absolute Gasteiger partial charge is 0.468 e. The molecule has 1 nitrogen and oxygen atoms in total. The Balaban J connectivity index is 0.000000454. The molecule has 1 heterocycles. The first-order valence-electron chi connectivity index (χ1n) is 7.12. The number of rotatable bonds is 4. The molecule has 1 aliphatic rings. The van der Waals surface area contributed by atoms with E-state index < -0.39 is 0 Å². The zero-order chi connectivity index (χ0) is 13.4. The van der Waals surface area contributed by atoms with Crippen LogP contribution in [0.4, 0.5) is 0 Å². The molecule has 106 valence electrons. The van der Waals surface area contributed by atoms with Gasteiger partial charge in [0, 0.05) is 0 Å². The number of hydrogen-bond donors (Lipinski definition) is 0. The van der Waals surface area contributed by atoms with E-state index >= 15 is 0 Å². The Bertz CT molecular complexity index is 377. The summed E-state index contributed by atoms with van der Waals surface area (Å²) < 4.78 is 2.28. The fourth-order valence-corrected chi connectivity index (χ4v) is 2.36. The second-order valence-corrected chi connectivity index (χ2v) is 4.32. The Morgan fingerprint density at radius 1 is 1.11 bits per heavy atom. The van der Waals surface area contributed by atoms with Gasteiger partial charge in [0.25, 0.3) is 0 Å². The predicted octanol–water partition coefficient (Wildman–Crippen LogP) is 4.30. The normalized spacial score (nSPS) is 12.0. The topological polar surface area (TPSA) is 4.93 Å². The van der Waals surface area contributed by atoms with Crippen molar-refractivity contribution in [3.63, 3.8) is 0 Å². The third kappa shape index (κ3) is 5.11. The van der Waals surface area contributed by atoms with Crippen LogP contribution in [0.15, 0.2) is 18.2 Å². The van der Waals surface area contributed by atoms with Crippen LogP contribution in [-0.2, 0) is 45.3 Å². The number of nitrogens with zero attached hydrogens (tertiary/aromatic N) is 1. The van der Waals surface area contributed by atoms with Crippen LogP contribution in [0.5, 0.6) is 0 Å². The van der Waals surface area contributed by atoms with Gasteiger partial charge in [-0.2, -0.15) is 17.2 Å². The quantitative estimate of drug-likeness (QED) is 0.567. The van der Waals surface area contributed by atoms with Gasteiger partial charge in [-0.3, -0.25) is 6.08 Å². The summed E-state index contributed by atoms with van der Waals surface area (Å²) in [6.07, 6.45) is 16.9. The van der Waals surface area contributed by atoms with Crippen molar-refractivity contribution in [3.05, 3.63) is 47.3 Å². The fourth-order valence-electron chi connectivity index (χ4n) is 2.36. The molecule has 0 spiro atoms. The molecule has 1 aliphatic carbocycles. The summed E-state index contributed by atoms with van der Waals surface area (Å²) in [5.74, 6) is 0. The number of hydrogen-bond acceptors (Lipinski definition) is 0. The summed E-state index contributed by atoms with van der Waals surface area (Å²) in [7, 11) is 0. The molecule has 0 bridgehead atoms. The van der Waals surface area contributed by atoms with Crippen LogP contribution < -0.4 is 0 Å². The van der Waals surface area contributed by atoms with E-state index in [9.17, 15) is 0 Å². The Hall–Kier alpha value is -0.617. The van der Waals surface area contributed by atoms with Crippen molar-refractivity contribution in [2.24, 2.45) is 0 Å². The van der Waals surface area contributed by atoms with Crippen molar-refractivity contribution in [1.29, 1.82) is 0 Å². The van der Waals surface area contributed by atoms with Gasteiger partial charge in [0.05, 0.1) is 0 Å². The third-order valence-corrected chi connectivity index (χ3v) is 3.25. The molecule has 0 saturated heterocycles. The van der Waals surface area contributed by atoms with Crippen molar-refractivity contribution < 1.29 is 19.5 Å². The fraction of sp³-hybridized carbons (Fsp3) is 0.529. The van der Waals surface area contributed by atoms with Crippen LogP contribution in [0.1, 0.15) is 50.9 Å². The van der Waals surface area contributed by atoms with Gasteiger partial charge in [-0.05, 0) is 13.5 Å². The molecule has 0 aromatic carbocycles. The van der Waals surface area contributed by atoms with E-state index in [2.05, 4.69) is 50.6 Å². The number of aromatic nitrogens is 1.